The van der Waals surface area contributed by atoms with Crippen molar-refractivity contribution in [2.75, 3.05) is 6.26 Å². The van der Waals surface area contributed by atoms with E-state index in [-0.39, 0.29) is 6.54 Å². The number of rotatable bonds is 5. The number of nitrogens with zero attached hydrogens (tertiary/aromatic N) is 2. The van der Waals surface area contributed by atoms with Crippen LogP contribution in [0, 0.1) is 0 Å². The van der Waals surface area contributed by atoms with Gasteiger partial charge in [0.15, 0.2) is 0 Å². The van der Waals surface area contributed by atoms with Gasteiger partial charge in [0.05, 0.1) is 18.5 Å². The van der Waals surface area contributed by atoms with E-state index in [1.807, 2.05) is 48.5 Å². The predicted molar refractivity (Wildman–Crippen MR) is 74.8 cm³/mol. The summed E-state index contributed by atoms with van der Waals surface area (Å²) in [6, 6.07) is 15.0. The van der Waals surface area contributed by atoms with Crippen LogP contribution in [-0.4, -0.2) is 24.0 Å². The highest BCUT2D eigenvalue weighted by Crippen LogP contribution is 2.11. The highest BCUT2D eigenvalue weighted by molar-refractivity contribution is 7.88. The molecule has 0 unspecified atom stereocenters. The summed E-state index contributed by atoms with van der Waals surface area (Å²) in [7, 11) is -3.27. The molecule has 1 aromatic carbocycles. The maximum Gasteiger partial charge on any atom is 0.211 e. The van der Waals surface area contributed by atoms with Crippen LogP contribution in [-0.2, 0) is 23.1 Å². The minimum atomic E-state index is -3.27. The summed E-state index contributed by atoms with van der Waals surface area (Å²) in [6.07, 6.45) is 2.89. The summed E-state index contributed by atoms with van der Waals surface area (Å²) in [5, 5.41) is 0. The first kappa shape index (κ1) is 13.7. The summed E-state index contributed by atoms with van der Waals surface area (Å²) in [5.74, 6) is 0. The first-order valence-electron chi connectivity index (χ1n) is 5.94. The highest BCUT2D eigenvalue weighted by Gasteiger charge is 2.17. The van der Waals surface area contributed by atoms with Crippen LogP contribution in [0.3, 0.4) is 0 Å². The monoisotopic (exact) mass is 276 g/mol. The molecule has 2 rings (SSSR count). The van der Waals surface area contributed by atoms with E-state index in [9.17, 15) is 8.42 Å². The summed E-state index contributed by atoms with van der Waals surface area (Å²) >= 11 is 0. The molecule has 0 aliphatic carbocycles. The Morgan fingerprint density at radius 3 is 2.26 bits per heavy atom. The third-order valence-electron chi connectivity index (χ3n) is 2.74. The van der Waals surface area contributed by atoms with E-state index in [4.69, 9.17) is 0 Å². The Kier molecular flexibility index (Phi) is 4.29. The van der Waals surface area contributed by atoms with E-state index >= 15 is 0 Å². The van der Waals surface area contributed by atoms with Crippen molar-refractivity contribution in [3.63, 3.8) is 0 Å². The van der Waals surface area contributed by atoms with Gasteiger partial charge in [-0.05, 0) is 17.7 Å². The van der Waals surface area contributed by atoms with Gasteiger partial charge in [-0.15, -0.1) is 0 Å². The molecule has 0 fully saturated rings. The lowest BCUT2D eigenvalue weighted by Gasteiger charge is -2.19. The zero-order valence-corrected chi connectivity index (χ0v) is 11.5. The van der Waals surface area contributed by atoms with Crippen molar-refractivity contribution in [1.82, 2.24) is 9.29 Å². The van der Waals surface area contributed by atoms with Gasteiger partial charge in [-0.2, -0.15) is 4.31 Å². The van der Waals surface area contributed by atoms with Crippen molar-refractivity contribution in [3.05, 3.63) is 66.0 Å². The van der Waals surface area contributed by atoms with Crippen LogP contribution < -0.4 is 0 Å². The Labute approximate surface area is 113 Å². The minimum Gasteiger partial charge on any atom is -0.260 e. The molecule has 0 spiro atoms. The molecule has 4 nitrogen and oxygen atoms in total. The Morgan fingerprint density at radius 1 is 1.00 bits per heavy atom. The number of hydrogen-bond donors (Lipinski definition) is 0. The summed E-state index contributed by atoms with van der Waals surface area (Å²) in [4.78, 5) is 4.17. The average molecular weight is 276 g/mol. The molecule has 100 valence electrons. The lowest BCUT2D eigenvalue weighted by atomic mass is 10.2. The van der Waals surface area contributed by atoms with Crippen LogP contribution in [0.1, 0.15) is 11.3 Å². The Hall–Kier alpha value is -1.72. The molecule has 1 heterocycles. The molecule has 0 N–H and O–H groups in total. The normalized spacial score (nSPS) is 11.7. The van der Waals surface area contributed by atoms with Crippen LogP contribution in [0.5, 0.6) is 0 Å². The molecule has 5 heteroatoms. The zero-order chi connectivity index (χ0) is 13.7. The number of sulfonamides is 1. The topological polar surface area (TPSA) is 50.3 Å². The molecule has 0 saturated carbocycles. The van der Waals surface area contributed by atoms with Gasteiger partial charge in [0.25, 0.3) is 0 Å². The first-order chi connectivity index (χ1) is 9.05. The third kappa shape index (κ3) is 4.15. The maximum absolute atomic E-state index is 11.8. The predicted octanol–water partition coefficient (Wildman–Crippen LogP) is 2.04. The molecule has 0 aliphatic heterocycles. The SMILES string of the molecule is CS(=O)(=O)N(Cc1ccccc1)Cc1ccccn1. The van der Waals surface area contributed by atoms with E-state index in [0.717, 1.165) is 11.3 Å². The van der Waals surface area contributed by atoms with Gasteiger partial charge < -0.3 is 0 Å². The van der Waals surface area contributed by atoms with Crippen LogP contribution in [0.2, 0.25) is 0 Å². The smallest absolute Gasteiger partial charge is 0.211 e. The minimum absolute atomic E-state index is 0.286. The quantitative estimate of drug-likeness (QED) is 0.839. The first-order valence-corrected chi connectivity index (χ1v) is 7.79. The van der Waals surface area contributed by atoms with Crippen LogP contribution in [0.15, 0.2) is 54.7 Å². The van der Waals surface area contributed by atoms with E-state index in [1.165, 1.54) is 10.6 Å². The Bertz CT molecular complexity index is 571. The van der Waals surface area contributed by atoms with E-state index in [2.05, 4.69) is 4.98 Å². The fourth-order valence-corrected chi connectivity index (χ4v) is 2.50. The molecule has 1 aromatic heterocycles. The molecule has 0 saturated heterocycles. The summed E-state index contributed by atoms with van der Waals surface area (Å²) < 4.78 is 25.1. The van der Waals surface area contributed by atoms with Crippen LogP contribution in [0.25, 0.3) is 0 Å². The molecule has 0 amide bonds. The zero-order valence-electron chi connectivity index (χ0n) is 10.7. The molecular formula is C14H16N2O2S. The van der Waals surface area contributed by atoms with Crippen molar-refractivity contribution in [2.24, 2.45) is 0 Å². The van der Waals surface area contributed by atoms with E-state index in [0.29, 0.717) is 6.54 Å². The second-order valence-corrected chi connectivity index (χ2v) is 6.32. The lowest BCUT2D eigenvalue weighted by Crippen LogP contribution is -2.29. The standard InChI is InChI=1S/C14H16N2O2S/c1-19(17,18)16(11-13-7-3-2-4-8-13)12-14-9-5-6-10-15-14/h2-10H,11-12H2,1H3. The van der Waals surface area contributed by atoms with Gasteiger partial charge in [0, 0.05) is 12.7 Å². The fraction of sp³-hybridized carbons (Fsp3) is 0.214. The van der Waals surface area contributed by atoms with Crippen LogP contribution >= 0.6 is 0 Å². The number of pyridine rings is 1. The van der Waals surface area contributed by atoms with Crippen molar-refractivity contribution < 1.29 is 8.42 Å². The number of aromatic nitrogens is 1. The molecule has 0 aliphatic rings. The van der Waals surface area contributed by atoms with Crippen molar-refractivity contribution in [2.45, 2.75) is 13.1 Å². The number of hydrogen-bond acceptors (Lipinski definition) is 3. The molecule has 0 radical (unpaired) electrons. The molecular weight excluding hydrogens is 260 g/mol. The van der Waals surface area contributed by atoms with Gasteiger partial charge in [-0.25, -0.2) is 8.42 Å². The fourth-order valence-electron chi connectivity index (χ4n) is 1.75. The Balaban J connectivity index is 2.18. The molecule has 19 heavy (non-hydrogen) atoms. The molecule has 0 atom stereocenters. The summed E-state index contributed by atoms with van der Waals surface area (Å²) in [5.41, 5.74) is 1.70. The molecule has 2 aromatic rings. The second kappa shape index (κ2) is 5.95. The molecule has 0 bridgehead atoms. The Morgan fingerprint density at radius 2 is 1.68 bits per heavy atom. The van der Waals surface area contributed by atoms with Crippen molar-refractivity contribution in [1.29, 1.82) is 0 Å². The number of benzene rings is 1. The second-order valence-electron chi connectivity index (χ2n) is 4.34. The van der Waals surface area contributed by atoms with Crippen LogP contribution in [0.4, 0.5) is 0 Å². The van der Waals surface area contributed by atoms with Gasteiger partial charge in [-0.3, -0.25) is 4.98 Å². The van der Waals surface area contributed by atoms with E-state index < -0.39 is 10.0 Å². The van der Waals surface area contributed by atoms with Gasteiger partial charge in [0.1, 0.15) is 0 Å². The maximum atomic E-state index is 11.8. The largest absolute Gasteiger partial charge is 0.260 e. The average Bonchev–Trinajstić information content (AvgIpc) is 2.39. The van der Waals surface area contributed by atoms with Gasteiger partial charge >= 0.3 is 0 Å². The highest BCUT2D eigenvalue weighted by atomic mass is 32.2. The third-order valence-corrected chi connectivity index (χ3v) is 3.93. The van der Waals surface area contributed by atoms with E-state index in [1.54, 1.807) is 6.20 Å². The summed E-state index contributed by atoms with van der Waals surface area (Å²) in [6.45, 7) is 0.644. The lowest BCUT2D eigenvalue weighted by molar-refractivity contribution is 0.401. The van der Waals surface area contributed by atoms with Crippen molar-refractivity contribution in [3.8, 4) is 0 Å². The van der Waals surface area contributed by atoms with Gasteiger partial charge in [-0.1, -0.05) is 36.4 Å². The van der Waals surface area contributed by atoms with Gasteiger partial charge in [0.2, 0.25) is 10.0 Å². The van der Waals surface area contributed by atoms with Crippen molar-refractivity contribution >= 4 is 10.0 Å².